The van der Waals surface area contributed by atoms with Gasteiger partial charge in [-0.1, -0.05) is 26.8 Å². The third-order valence-electron chi connectivity index (χ3n) is 4.21. The van der Waals surface area contributed by atoms with E-state index in [1.165, 1.54) is 12.8 Å². The van der Waals surface area contributed by atoms with E-state index < -0.39 is 0 Å². The summed E-state index contributed by atoms with van der Waals surface area (Å²) in [5, 5.41) is 3.68. The van der Waals surface area contributed by atoms with Crippen LogP contribution >= 0.6 is 0 Å². The van der Waals surface area contributed by atoms with Crippen LogP contribution in [0.15, 0.2) is 18.2 Å². The van der Waals surface area contributed by atoms with Gasteiger partial charge in [0.2, 0.25) is 5.88 Å². The SMILES string of the molecule is CCC1CN(Cc2cccc(OC)n2)C(CC(C)C)CN1. The van der Waals surface area contributed by atoms with Crippen molar-refractivity contribution >= 4 is 0 Å². The summed E-state index contributed by atoms with van der Waals surface area (Å²) in [6.07, 6.45) is 2.41. The molecule has 0 aromatic carbocycles. The van der Waals surface area contributed by atoms with Crippen LogP contribution in [0.2, 0.25) is 0 Å². The van der Waals surface area contributed by atoms with E-state index in [2.05, 4.69) is 42.0 Å². The number of pyridine rings is 1. The molecule has 4 nitrogen and oxygen atoms in total. The van der Waals surface area contributed by atoms with E-state index in [1.54, 1.807) is 7.11 Å². The van der Waals surface area contributed by atoms with Crippen LogP contribution in [-0.2, 0) is 6.54 Å². The molecule has 0 aliphatic carbocycles. The molecular formula is C17H29N3O. The zero-order valence-corrected chi connectivity index (χ0v) is 13.8. The average Bonchev–Trinajstić information content (AvgIpc) is 2.48. The Morgan fingerprint density at radius 3 is 2.90 bits per heavy atom. The topological polar surface area (TPSA) is 37.4 Å². The molecule has 1 aliphatic heterocycles. The number of ether oxygens (including phenoxy) is 1. The summed E-state index contributed by atoms with van der Waals surface area (Å²) < 4.78 is 5.24. The zero-order valence-electron chi connectivity index (χ0n) is 13.8. The van der Waals surface area contributed by atoms with Crippen molar-refractivity contribution in [3.05, 3.63) is 23.9 Å². The number of nitrogens with zero attached hydrogens (tertiary/aromatic N) is 2. The van der Waals surface area contributed by atoms with Crippen LogP contribution in [0.4, 0.5) is 0 Å². The van der Waals surface area contributed by atoms with E-state index in [1.807, 2.05) is 12.1 Å². The Labute approximate surface area is 128 Å². The van der Waals surface area contributed by atoms with Gasteiger partial charge in [-0.15, -0.1) is 0 Å². The number of nitrogens with one attached hydrogen (secondary N) is 1. The van der Waals surface area contributed by atoms with E-state index in [-0.39, 0.29) is 0 Å². The summed E-state index contributed by atoms with van der Waals surface area (Å²) in [4.78, 5) is 7.16. The Hall–Kier alpha value is -1.13. The molecule has 1 aromatic heterocycles. The van der Waals surface area contributed by atoms with Gasteiger partial charge < -0.3 is 10.1 Å². The summed E-state index contributed by atoms with van der Waals surface area (Å²) in [5.74, 6) is 1.42. The summed E-state index contributed by atoms with van der Waals surface area (Å²) in [5.41, 5.74) is 1.10. The fourth-order valence-corrected chi connectivity index (χ4v) is 3.04. The molecule has 0 bridgehead atoms. The summed E-state index contributed by atoms with van der Waals surface area (Å²) >= 11 is 0. The molecule has 1 aromatic rings. The van der Waals surface area contributed by atoms with Gasteiger partial charge in [-0.2, -0.15) is 0 Å². The molecule has 2 heterocycles. The van der Waals surface area contributed by atoms with Crippen LogP contribution in [0, 0.1) is 5.92 Å². The fraction of sp³-hybridized carbons (Fsp3) is 0.706. The molecule has 0 spiro atoms. The molecule has 118 valence electrons. The van der Waals surface area contributed by atoms with Crippen LogP contribution in [0.3, 0.4) is 0 Å². The highest BCUT2D eigenvalue weighted by Gasteiger charge is 2.27. The van der Waals surface area contributed by atoms with E-state index in [9.17, 15) is 0 Å². The largest absolute Gasteiger partial charge is 0.481 e. The second-order valence-electron chi connectivity index (χ2n) is 6.40. The predicted octanol–water partition coefficient (Wildman–Crippen LogP) is 2.69. The average molecular weight is 291 g/mol. The van der Waals surface area contributed by atoms with Gasteiger partial charge in [0.1, 0.15) is 0 Å². The minimum absolute atomic E-state index is 0.596. The lowest BCUT2D eigenvalue weighted by Gasteiger charge is -2.41. The van der Waals surface area contributed by atoms with Gasteiger partial charge in [0.05, 0.1) is 12.8 Å². The fourth-order valence-electron chi connectivity index (χ4n) is 3.04. The molecule has 2 rings (SSSR count). The number of piperazine rings is 1. The molecule has 0 radical (unpaired) electrons. The minimum atomic E-state index is 0.596. The van der Waals surface area contributed by atoms with E-state index in [0.29, 0.717) is 18.0 Å². The third-order valence-corrected chi connectivity index (χ3v) is 4.21. The Morgan fingerprint density at radius 1 is 1.43 bits per heavy atom. The Kier molecular flexibility index (Phi) is 6.00. The minimum Gasteiger partial charge on any atom is -0.481 e. The Morgan fingerprint density at radius 2 is 2.24 bits per heavy atom. The molecule has 2 unspecified atom stereocenters. The first-order valence-electron chi connectivity index (χ1n) is 8.09. The Balaban J connectivity index is 2.07. The first-order valence-corrected chi connectivity index (χ1v) is 8.09. The van der Waals surface area contributed by atoms with Gasteiger partial charge in [-0.05, 0) is 24.8 Å². The van der Waals surface area contributed by atoms with Gasteiger partial charge >= 0.3 is 0 Å². The first-order chi connectivity index (χ1) is 10.1. The number of hydrogen-bond donors (Lipinski definition) is 1. The molecule has 21 heavy (non-hydrogen) atoms. The van der Waals surface area contributed by atoms with Crippen molar-refractivity contribution in [1.82, 2.24) is 15.2 Å². The molecule has 4 heteroatoms. The summed E-state index contributed by atoms with van der Waals surface area (Å²) in [6.45, 7) is 9.95. The molecule has 1 N–H and O–H groups in total. The highest BCUT2D eigenvalue weighted by atomic mass is 16.5. The van der Waals surface area contributed by atoms with Gasteiger partial charge in [0, 0.05) is 37.8 Å². The molecule has 0 amide bonds. The molecule has 0 saturated carbocycles. The van der Waals surface area contributed by atoms with Gasteiger partial charge in [-0.3, -0.25) is 4.90 Å². The highest BCUT2D eigenvalue weighted by Crippen LogP contribution is 2.19. The standard InChI is InChI=1S/C17H29N3O/c1-5-14-11-20(16(10-18-14)9-13(2)3)12-15-7-6-8-17(19-15)21-4/h6-8,13-14,16,18H,5,9-12H2,1-4H3. The van der Waals surface area contributed by atoms with Crippen LogP contribution < -0.4 is 10.1 Å². The third kappa shape index (κ3) is 4.68. The van der Waals surface area contributed by atoms with Crippen LogP contribution in [0.5, 0.6) is 5.88 Å². The van der Waals surface area contributed by atoms with Crippen molar-refractivity contribution in [1.29, 1.82) is 0 Å². The van der Waals surface area contributed by atoms with Crippen LogP contribution in [-0.4, -0.2) is 42.2 Å². The number of rotatable bonds is 6. The number of aromatic nitrogens is 1. The van der Waals surface area contributed by atoms with Crippen molar-refractivity contribution in [2.45, 2.75) is 52.2 Å². The molecule has 1 saturated heterocycles. The monoisotopic (exact) mass is 291 g/mol. The lowest BCUT2D eigenvalue weighted by Crippen LogP contribution is -2.56. The maximum absolute atomic E-state index is 5.24. The lowest BCUT2D eigenvalue weighted by molar-refractivity contribution is 0.104. The van der Waals surface area contributed by atoms with Crippen molar-refractivity contribution in [3.8, 4) is 5.88 Å². The molecular weight excluding hydrogens is 262 g/mol. The van der Waals surface area contributed by atoms with E-state index in [0.717, 1.165) is 31.2 Å². The lowest BCUT2D eigenvalue weighted by atomic mass is 9.98. The maximum Gasteiger partial charge on any atom is 0.213 e. The van der Waals surface area contributed by atoms with Crippen LogP contribution in [0.1, 0.15) is 39.3 Å². The number of hydrogen-bond acceptors (Lipinski definition) is 4. The normalized spacial score (nSPS) is 23.5. The maximum atomic E-state index is 5.24. The summed E-state index contributed by atoms with van der Waals surface area (Å²) in [6, 6.07) is 7.22. The predicted molar refractivity (Wildman–Crippen MR) is 86.5 cm³/mol. The van der Waals surface area contributed by atoms with Crippen LogP contribution in [0.25, 0.3) is 0 Å². The van der Waals surface area contributed by atoms with Gasteiger partial charge in [-0.25, -0.2) is 4.98 Å². The van der Waals surface area contributed by atoms with E-state index in [4.69, 9.17) is 4.74 Å². The zero-order chi connectivity index (χ0) is 15.2. The van der Waals surface area contributed by atoms with Crippen molar-refractivity contribution in [2.24, 2.45) is 5.92 Å². The second kappa shape index (κ2) is 7.76. The molecule has 1 fully saturated rings. The van der Waals surface area contributed by atoms with Gasteiger partial charge in [0.15, 0.2) is 0 Å². The highest BCUT2D eigenvalue weighted by molar-refractivity contribution is 5.15. The number of methoxy groups -OCH3 is 1. The van der Waals surface area contributed by atoms with Gasteiger partial charge in [0.25, 0.3) is 0 Å². The molecule has 2 atom stereocenters. The first kappa shape index (κ1) is 16.2. The Bertz CT molecular complexity index is 436. The smallest absolute Gasteiger partial charge is 0.213 e. The second-order valence-corrected chi connectivity index (χ2v) is 6.40. The van der Waals surface area contributed by atoms with Crippen molar-refractivity contribution in [3.63, 3.8) is 0 Å². The quantitative estimate of drug-likeness (QED) is 0.874. The summed E-state index contributed by atoms with van der Waals surface area (Å²) in [7, 11) is 1.67. The van der Waals surface area contributed by atoms with Crippen molar-refractivity contribution < 1.29 is 4.74 Å². The van der Waals surface area contributed by atoms with Crippen molar-refractivity contribution in [2.75, 3.05) is 20.2 Å². The van der Waals surface area contributed by atoms with E-state index >= 15 is 0 Å². The molecule has 1 aliphatic rings.